The Bertz CT molecular complexity index is 1020. The van der Waals surface area contributed by atoms with Gasteiger partial charge in [0.2, 0.25) is 0 Å². The van der Waals surface area contributed by atoms with Crippen LogP contribution in [0.25, 0.3) is 0 Å². The standard InChI is InChI=1S/C23H27N3O2S/c1-4-13(3)29-23-25-21-20(22(28)26-23)18(15-11-9-14(5-2)10-12-15)19-16(24-21)7-6-8-17(19)27/h9-13,18H,4-8H2,1-3H3,(H2,24,25,26,28)/t13-,18+/m0/s1. The first kappa shape index (κ1) is 20.0. The molecule has 0 fully saturated rings. The van der Waals surface area contributed by atoms with E-state index in [0.29, 0.717) is 28.2 Å². The maximum atomic E-state index is 13.2. The number of anilines is 1. The van der Waals surface area contributed by atoms with Crippen LogP contribution in [0.1, 0.15) is 69.1 Å². The zero-order valence-corrected chi connectivity index (χ0v) is 18.0. The molecule has 0 bridgehead atoms. The average Bonchev–Trinajstić information content (AvgIpc) is 2.72. The van der Waals surface area contributed by atoms with Gasteiger partial charge in [0.25, 0.3) is 5.56 Å². The van der Waals surface area contributed by atoms with E-state index in [1.165, 1.54) is 5.56 Å². The van der Waals surface area contributed by atoms with Gasteiger partial charge in [0.1, 0.15) is 5.82 Å². The lowest BCUT2D eigenvalue weighted by atomic mass is 9.76. The Morgan fingerprint density at radius 1 is 1.17 bits per heavy atom. The lowest BCUT2D eigenvalue weighted by Crippen LogP contribution is -2.32. The molecular formula is C23H27N3O2S. The molecule has 1 aromatic carbocycles. The van der Waals surface area contributed by atoms with E-state index in [1.54, 1.807) is 11.8 Å². The fourth-order valence-corrected chi connectivity index (χ4v) is 4.89. The molecule has 0 saturated heterocycles. The number of fused-ring (bicyclic) bond motifs is 1. The highest BCUT2D eigenvalue weighted by atomic mass is 32.2. The minimum Gasteiger partial charge on any atom is -0.343 e. The summed E-state index contributed by atoms with van der Waals surface area (Å²) >= 11 is 1.57. The zero-order chi connectivity index (χ0) is 20.5. The van der Waals surface area contributed by atoms with Crippen molar-refractivity contribution in [3.8, 4) is 0 Å². The summed E-state index contributed by atoms with van der Waals surface area (Å²) in [6.07, 6.45) is 4.13. The van der Waals surface area contributed by atoms with Crippen LogP contribution in [0.5, 0.6) is 0 Å². The van der Waals surface area contributed by atoms with E-state index in [-0.39, 0.29) is 17.3 Å². The minimum absolute atomic E-state index is 0.131. The second-order valence-electron chi connectivity index (χ2n) is 7.79. The lowest BCUT2D eigenvalue weighted by molar-refractivity contribution is -0.116. The Morgan fingerprint density at radius 2 is 1.93 bits per heavy atom. The number of benzene rings is 1. The van der Waals surface area contributed by atoms with Crippen molar-refractivity contribution in [2.75, 3.05) is 5.32 Å². The van der Waals surface area contributed by atoms with Crippen LogP contribution in [0.2, 0.25) is 0 Å². The van der Waals surface area contributed by atoms with E-state index in [9.17, 15) is 9.59 Å². The molecule has 0 spiro atoms. The molecule has 2 aromatic rings. The molecule has 1 aliphatic carbocycles. The van der Waals surface area contributed by atoms with Gasteiger partial charge in [-0.15, -0.1) is 0 Å². The van der Waals surface area contributed by atoms with Gasteiger partial charge in [-0.05, 0) is 36.8 Å². The second kappa shape index (κ2) is 8.19. The maximum Gasteiger partial charge on any atom is 0.257 e. The number of nitrogens with one attached hydrogen (secondary N) is 2. The number of Topliss-reactive ketones (excluding diaryl/α,β-unsaturated/α-hetero) is 1. The first-order chi connectivity index (χ1) is 14.0. The van der Waals surface area contributed by atoms with Gasteiger partial charge in [-0.3, -0.25) is 9.59 Å². The Labute approximate surface area is 175 Å². The highest BCUT2D eigenvalue weighted by Gasteiger charge is 2.37. The maximum absolute atomic E-state index is 13.2. The molecule has 2 heterocycles. The van der Waals surface area contributed by atoms with Crippen molar-refractivity contribution in [2.45, 2.75) is 69.2 Å². The largest absolute Gasteiger partial charge is 0.343 e. The van der Waals surface area contributed by atoms with Crippen molar-refractivity contribution >= 4 is 23.4 Å². The molecule has 2 aliphatic rings. The molecule has 6 heteroatoms. The van der Waals surface area contributed by atoms with Gasteiger partial charge in [0.15, 0.2) is 10.9 Å². The number of aromatic nitrogens is 2. The number of aromatic amines is 1. The zero-order valence-electron chi connectivity index (χ0n) is 17.2. The number of aryl methyl sites for hydroxylation is 1. The molecule has 5 nitrogen and oxygen atoms in total. The van der Waals surface area contributed by atoms with Crippen LogP contribution in [-0.2, 0) is 11.2 Å². The normalized spacial score (nSPS) is 19.4. The highest BCUT2D eigenvalue weighted by Crippen LogP contribution is 2.43. The average molecular weight is 410 g/mol. The third-order valence-corrected chi connectivity index (χ3v) is 7.00. The Hall–Kier alpha value is -2.34. The summed E-state index contributed by atoms with van der Waals surface area (Å²) in [4.78, 5) is 33.7. The number of hydrogen-bond donors (Lipinski definition) is 2. The molecule has 4 rings (SSSR count). The molecule has 1 aromatic heterocycles. The quantitative estimate of drug-likeness (QED) is 0.549. The predicted octanol–water partition coefficient (Wildman–Crippen LogP) is 4.79. The SMILES string of the molecule is CCc1ccc([C@@H]2C3=C(CCCC3=O)Nc3nc(S[C@@H](C)CC)[nH]c(=O)c32)cc1. The fraction of sp³-hybridized carbons (Fsp3) is 0.435. The van der Waals surface area contributed by atoms with E-state index in [0.717, 1.165) is 42.5 Å². The summed E-state index contributed by atoms with van der Waals surface area (Å²) in [5, 5.41) is 4.33. The number of carbonyl (C=O) groups is 1. The van der Waals surface area contributed by atoms with E-state index >= 15 is 0 Å². The van der Waals surface area contributed by atoms with Crippen molar-refractivity contribution in [2.24, 2.45) is 0 Å². The molecular weight excluding hydrogens is 382 g/mol. The molecule has 1 aliphatic heterocycles. The summed E-state index contributed by atoms with van der Waals surface area (Å²) in [6, 6.07) is 8.26. The molecule has 2 atom stereocenters. The number of carbonyl (C=O) groups excluding carboxylic acids is 1. The molecule has 29 heavy (non-hydrogen) atoms. The van der Waals surface area contributed by atoms with Gasteiger partial charge in [-0.1, -0.05) is 56.8 Å². The van der Waals surface area contributed by atoms with Crippen LogP contribution in [0.3, 0.4) is 0 Å². The number of nitrogens with zero attached hydrogens (tertiary/aromatic N) is 1. The van der Waals surface area contributed by atoms with E-state index in [2.05, 4.69) is 43.2 Å². The Kier molecular flexibility index (Phi) is 5.63. The number of thioether (sulfide) groups is 1. The van der Waals surface area contributed by atoms with Gasteiger partial charge < -0.3 is 10.3 Å². The highest BCUT2D eigenvalue weighted by molar-refractivity contribution is 7.99. The van der Waals surface area contributed by atoms with Crippen LogP contribution < -0.4 is 10.9 Å². The minimum atomic E-state index is -0.362. The van der Waals surface area contributed by atoms with Crippen LogP contribution in [0, 0.1) is 0 Å². The lowest BCUT2D eigenvalue weighted by Gasteiger charge is -2.33. The molecule has 152 valence electrons. The van der Waals surface area contributed by atoms with Crippen LogP contribution >= 0.6 is 11.8 Å². The van der Waals surface area contributed by atoms with Crippen molar-refractivity contribution in [3.05, 3.63) is 62.6 Å². The van der Waals surface area contributed by atoms with Crippen molar-refractivity contribution in [1.29, 1.82) is 0 Å². The third kappa shape index (κ3) is 3.78. The summed E-state index contributed by atoms with van der Waals surface area (Å²) in [7, 11) is 0. The van der Waals surface area contributed by atoms with Crippen LogP contribution in [0.15, 0.2) is 45.5 Å². The summed E-state index contributed by atoms with van der Waals surface area (Å²) in [5.74, 6) is 0.364. The van der Waals surface area contributed by atoms with Crippen LogP contribution in [-0.4, -0.2) is 21.0 Å². The predicted molar refractivity (Wildman–Crippen MR) is 118 cm³/mol. The second-order valence-corrected chi connectivity index (χ2v) is 9.22. The first-order valence-corrected chi connectivity index (χ1v) is 11.3. The van der Waals surface area contributed by atoms with E-state index in [4.69, 9.17) is 4.98 Å². The van der Waals surface area contributed by atoms with Gasteiger partial charge in [0, 0.05) is 28.9 Å². The van der Waals surface area contributed by atoms with Gasteiger partial charge in [-0.2, -0.15) is 0 Å². The van der Waals surface area contributed by atoms with Crippen molar-refractivity contribution in [3.63, 3.8) is 0 Å². The summed E-state index contributed by atoms with van der Waals surface area (Å²) in [5.41, 5.74) is 4.26. The van der Waals surface area contributed by atoms with Crippen molar-refractivity contribution < 1.29 is 4.79 Å². The summed E-state index contributed by atoms with van der Waals surface area (Å²) in [6.45, 7) is 6.36. The monoisotopic (exact) mass is 409 g/mol. The Morgan fingerprint density at radius 3 is 2.62 bits per heavy atom. The van der Waals surface area contributed by atoms with Crippen molar-refractivity contribution in [1.82, 2.24) is 9.97 Å². The smallest absolute Gasteiger partial charge is 0.257 e. The fourth-order valence-electron chi connectivity index (χ4n) is 4.05. The topological polar surface area (TPSA) is 74.8 Å². The molecule has 0 saturated carbocycles. The Balaban J connectivity index is 1.86. The molecule has 0 radical (unpaired) electrons. The number of hydrogen-bond acceptors (Lipinski definition) is 5. The van der Waals surface area contributed by atoms with Gasteiger partial charge >= 0.3 is 0 Å². The van der Waals surface area contributed by atoms with Gasteiger partial charge in [-0.25, -0.2) is 4.98 Å². The van der Waals surface area contributed by atoms with Crippen LogP contribution in [0.4, 0.5) is 5.82 Å². The number of allylic oxidation sites excluding steroid dienone is 2. The third-order valence-electron chi connectivity index (χ3n) is 5.85. The molecule has 0 amide bonds. The number of H-pyrrole nitrogens is 1. The molecule has 0 unspecified atom stereocenters. The molecule has 2 N–H and O–H groups in total. The van der Waals surface area contributed by atoms with E-state index < -0.39 is 0 Å². The summed E-state index contributed by atoms with van der Waals surface area (Å²) < 4.78 is 0. The first-order valence-electron chi connectivity index (χ1n) is 10.4. The van der Waals surface area contributed by atoms with E-state index in [1.807, 2.05) is 12.1 Å². The number of rotatable bonds is 5. The number of ketones is 1. The van der Waals surface area contributed by atoms with Gasteiger partial charge in [0.05, 0.1) is 5.56 Å².